The Morgan fingerprint density at radius 1 is 0.821 bits per heavy atom. The summed E-state index contributed by atoms with van der Waals surface area (Å²) in [6, 6.07) is 19.5. The molecule has 4 aromatic rings. The van der Waals surface area contributed by atoms with Gasteiger partial charge in [-0.2, -0.15) is 0 Å². The minimum Gasteiger partial charge on any atom is -0.508 e. The van der Waals surface area contributed by atoms with Crippen molar-refractivity contribution in [2.24, 2.45) is 5.92 Å². The second-order valence-electron chi connectivity index (χ2n) is 21.0. The summed E-state index contributed by atoms with van der Waals surface area (Å²) < 4.78 is 7.71. The Hall–Kier alpha value is -7.93. The van der Waals surface area contributed by atoms with Crippen molar-refractivity contribution in [3.05, 3.63) is 124 Å². The molecular formula is C59H71N9O10. The molecular weight excluding hydrogens is 995 g/mol. The SMILES string of the molecule is CN[C@@H](C)C(=O)N[C@H]1CN(C(=O)CC(C)C)CC[C@H]2CC[C@@H](C(=O)N[C@@H](c3ccccc3)c3cn(CCCCCCCCCCNC(=O)c4ccc(-c5c6ccc(=O)cc-6oc6cc(O)ccc56)c(C(=O)O)c4)nn3)N2C1=O. The van der Waals surface area contributed by atoms with Crippen molar-refractivity contribution in [3.63, 3.8) is 0 Å². The molecule has 4 aliphatic rings. The number of unbranched alkanes of at least 4 members (excludes halogenated alkanes) is 7. The van der Waals surface area contributed by atoms with Gasteiger partial charge in [-0.05, 0) is 99.5 Å². The number of aromatic hydroxyl groups is 1. The number of nitrogens with one attached hydrogen (secondary N) is 4. The van der Waals surface area contributed by atoms with Crippen LogP contribution in [0.5, 0.6) is 5.75 Å². The normalized spacial score (nSPS) is 17.3. The molecule has 19 heteroatoms. The predicted octanol–water partition coefficient (Wildman–Crippen LogP) is 7.05. The van der Waals surface area contributed by atoms with E-state index in [-0.39, 0.29) is 81.7 Å². The molecule has 3 aliphatic heterocycles. The number of carbonyl (C=O) groups excluding carboxylic acids is 5. The molecule has 3 aromatic carbocycles. The lowest BCUT2D eigenvalue weighted by Crippen LogP contribution is -2.62. The summed E-state index contributed by atoms with van der Waals surface area (Å²) in [6.45, 7) is 7.16. The van der Waals surface area contributed by atoms with Crippen LogP contribution in [0.4, 0.5) is 0 Å². The van der Waals surface area contributed by atoms with Crippen molar-refractivity contribution in [2.45, 2.75) is 135 Å². The quantitative estimate of drug-likeness (QED) is 0.0278. The molecule has 19 nitrogen and oxygen atoms in total. The third-order valence-electron chi connectivity index (χ3n) is 14.9. The number of rotatable bonds is 23. The molecule has 5 atom stereocenters. The smallest absolute Gasteiger partial charge is 0.336 e. The Morgan fingerprint density at radius 2 is 1.55 bits per heavy atom. The third-order valence-corrected chi connectivity index (χ3v) is 14.9. The van der Waals surface area contributed by atoms with Crippen LogP contribution in [-0.2, 0) is 25.7 Å². The average Bonchev–Trinajstić information content (AvgIpc) is 4.08. The van der Waals surface area contributed by atoms with E-state index < -0.39 is 30.1 Å². The number of hydrogen-bond donors (Lipinski definition) is 6. The topological polar surface area (TPSA) is 258 Å². The standard InChI is InChI=1S/C59H71N9O10/c1-36(2)30-52(71)66-29-26-40-19-25-49(68(40)58(75)48(34-66)62-55(72)37(3)60-4)57(74)63-54(38-16-12-11-13-17-38)47-35-67(65-64-47)28-15-10-8-6-5-7-9-14-27-61-56(73)39-18-22-43(46(31-39)59(76)77)53-44-23-20-41(69)32-50(44)78-51-33-42(70)21-24-45(51)53/h11-13,16-18,20-24,31-33,35-37,40,48-49,54,60,69H,5-10,14-15,19,25-30,34H2,1-4H3,(H,61,73)(H,62,72)(H,63,74)(H,76,77)/t37-,40+,48-,49-,54-/m0/s1. The van der Waals surface area contributed by atoms with E-state index in [2.05, 4.69) is 31.6 Å². The van der Waals surface area contributed by atoms with E-state index in [1.165, 1.54) is 30.3 Å². The summed E-state index contributed by atoms with van der Waals surface area (Å²) in [4.78, 5) is 96.7. The van der Waals surface area contributed by atoms with Gasteiger partial charge in [0, 0.05) is 72.9 Å². The number of carbonyl (C=O) groups is 6. The average molecular weight is 1070 g/mol. The van der Waals surface area contributed by atoms with Gasteiger partial charge in [-0.3, -0.25) is 33.4 Å². The van der Waals surface area contributed by atoms with Crippen LogP contribution in [-0.4, -0.2) is 121 Å². The first-order chi connectivity index (χ1) is 37.6. The molecule has 5 amide bonds. The fraction of sp³-hybridized carbons (Fsp3) is 0.441. The van der Waals surface area contributed by atoms with Crippen LogP contribution in [0, 0.1) is 5.92 Å². The second-order valence-corrected chi connectivity index (χ2v) is 21.0. The summed E-state index contributed by atoms with van der Waals surface area (Å²) in [5.41, 5.74) is 2.85. The van der Waals surface area contributed by atoms with Crippen LogP contribution < -0.4 is 26.7 Å². The number of fused-ring (bicyclic) bond motifs is 3. The molecule has 78 heavy (non-hydrogen) atoms. The van der Waals surface area contributed by atoms with Crippen LogP contribution in [0.1, 0.15) is 136 Å². The Bertz CT molecular complexity index is 3140. The number of aromatic carboxylic acids is 1. The number of carboxylic acids is 1. The molecule has 0 bridgehead atoms. The Balaban J connectivity index is 0.791. The highest BCUT2D eigenvalue weighted by Gasteiger charge is 2.46. The van der Waals surface area contributed by atoms with Crippen LogP contribution in [0.2, 0.25) is 0 Å². The maximum Gasteiger partial charge on any atom is 0.336 e. The van der Waals surface area contributed by atoms with E-state index >= 15 is 0 Å². The number of amides is 5. The lowest BCUT2D eigenvalue weighted by Gasteiger charge is -2.39. The predicted molar refractivity (Wildman–Crippen MR) is 294 cm³/mol. The van der Waals surface area contributed by atoms with E-state index in [1.54, 1.807) is 52.7 Å². The fourth-order valence-corrected chi connectivity index (χ4v) is 10.6. The van der Waals surface area contributed by atoms with Gasteiger partial charge in [0.2, 0.25) is 23.6 Å². The number of phenolic OH excluding ortho intramolecular Hbond substituents is 1. The highest BCUT2D eigenvalue weighted by molar-refractivity contribution is 6.09. The molecule has 6 N–H and O–H groups in total. The maximum atomic E-state index is 14.5. The zero-order valence-electron chi connectivity index (χ0n) is 44.8. The number of aryl methyl sites for hydroxylation is 1. The molecule has 412 valence electrons. The van der Waals surface area contributed by atoms with E-state index in [0.717, 1.165) is 56.9 Å². The molecule has 0 saturated carbocycles. The Labute approximate surface area is 453 Å². The molecule has 1 aromatic heterocycles. The Morgan fingerprint density at radius 3 is 2.28 bits per heavy atom. The summed E-state index contributed by atoms with van der Waals surface area (Å²) in [7, 11) is 1.66. The first-order valence-electron chi connectivity index (χ1n) is 27.3. The highest BCUT2D eigenvalue weighted by atomic mass is 16.4. The van der Waals surface area contributed by atoms with Crippen LogP contribution >= 0.6 is 0 Å². The molecule has 0 radical (unpaired) electrons. The van der Waals surface area contributed by atoms with E-state index in [1.807, 2.05) is 50.4 Å². The first-order valence-corrected chi connectivity index (χ1v) is 27.3. The zero-order chi connectivity index (χ0) is 55.5. The minimum atomic E-state index is -1.22. The van der Waals surface area contributed by atoms with E-state index in [9.17, 15) is 43.8 Å². The Kier molecular flexibility index (Phi) is 18.7. The maximum absolute atomic E-state index is 14.5. The third kappa shape index (κ3) is 13.6. The monoisotopic (exact) mass is 1070 g/mol. The van der Waals surface area contributed by atoms with Crippen molar-refractivity contribution < 1.29 is 43.4 Å². The second kappa shape index (κ2) is 25.9. The van der Waals surface area contributed by atoms with Gasteiger partial charge in [0.25, 0.3) is 5.91 Å². The first kappa shape index (κ1) is 56.3. The van der Waals surface area contributed by atoms with Gasteiger partial charge in [-0.1, -0.05) is 94.0 Å². The number of benzene rings is 4. The van der Waals surface area contributed by atoms with Gasteiger partial charge in [-0.15, -0.1) is 5.10 Å². The van der Waals surface area contributed by atoms with Crippen molar-refractivity contribution in [3.8, 4) is 28.2 Å². The van der Waals surface area contributed by atoms with Gasteiger partial charge < -0.3 is 45.7 Å². The molecule has 4 heterocycles. The molecule has 1 aliphatic carbocycles. The number of phenols is 1. The summed E-state index contributed by atoms with van der Waals surface area (Å²) in [6.07, 6.45) is 11.4. The van der Waals surface area contributed by atoms with Crippen molar-refractivity contribution in [1.29, 1.82) is 0 Å². The van der Waals surface area contributed by atoms with Crippen molar-refractivity contribution in [2.75, 3.05) is 26.7 Å². The number of hydrogen-bond acceptors (Lipinski definition) is 12. The van der Waals surface area contributed by atoms with Gasteiger partial charge in [0.15, 0.2) is 5.43 Å². The van der Waals surface area contributed by atoms with Crippen LogP contribution in [0.3, 0.4) is 0 Å². The fourth-order valence-electron chi connectivity index (χ4n) is 10.6. The lowest BCUT2D eigenvalue weighted by molar-refractivity contribution is -0.147. The number of likely N-dealkylation sites (N-methyl/N-ethyl adjacent to an activating group) is 1. The lowest BCUT2D eigenvalue weighted by atomic mass is 9.90. The summed E-state index contributed by atoms with van der Waals surface area (Å²) in [5, 5.41) is 41.8. The van der Waals surface area contributed by atoms with Gasteiger partial charge in [0.05, 0.1) is 23.8 Å². The minimum absolute atomic E-state index is 0.0255. The van der Waals surface area contributed by atoms with E-state index in [4.69, 9.17) is 4.42 Å². The van der Waals surface area contributed by atoms with Crippen LogP contribution in [0.25, 0.3) is 33.4 Å². The molecule has 2 saturated heterocycles. The number of aromatic nitrogens is 3. The number of nitrogens with zero attached hydrogens (tertiary/aromatic N) is 5. The number of carboxylic acid groups (broad SMARTS) is 1. The van der Waals surface area contributed by atoms with Crippen LogP contribution in [0.15, 0.2) is 100 Å². The molecule has 2 fully saturated rings. The molecule has 0 unspecified atom stereocenters. The summed E-state index contributed by atoms with van der Waals surface area (Å²) >= 11 is 0. The van der Waals surface area contributed by atoms with Gasteiger partial charge >= 0.3 is 5.97 Å². The van der Waals surface area contributed by atoms with Crippen molar-refractivity contribution >= 4 is 46.5 Å². The largest absolute Gasteiger partial charge is 0.508 e. The van der Waals surface area contributed by atoms with Gasteiger partial charge in [0.1, 0.15) is 34.9 Å². The molecule has 8 rings (SSSR count). The molecule has 0 spiro atoms. The highest BCUT2D eigenvalue weighted by Crippen LogP contribution is 2.42. The van der Waals surface area contributed by atoms with Crippen molar-refractivity contribution in [1.82, 2.24) is 46.1 Å². The summed E-state index contributed by atoms with van der Waals surface area (Å²) in [5.74, 6) is -2.42. The zero-order valence-corrected chi connectivity index (χ0v) is 44.8. The van der Waals surface area contributed by atoms with E-state index in [0.29, 0.717) is 73.1 Å². The van der Waals surface area contributed by atoms with Gasteiger partial charge in [-0.25, -0.2) is 4.79 Å².